The number of fused-ring (bicyclic) bond motifs is 1. The summed E-state index contributed by atoms with van der Waals surface area (Å²) in [5.41, 5.74) is -0.279. The minimum atomic E-state index is -0.664. The van der Waals surface area contributed by atoms with Crippen LogP contribution in [0.3, 0.4) is 0 Å². The number of rotatable bonds is 7. The van der Waals surface area contributed by atoms with Crippen LogP contribution in [-0.2, 0) is 6.42 Å². The monoisotopic (exact) mass is 355 g/mol. The van der Waals surface area contributed by atoms with Crippen molar-refractivity contribution in [3.8, 4) is 5.75 Å². The van der Waals surface area contributed by atoms with Gasteiger partial charge in [0.05, 0.1) is 6.10 Å². The SMILES string of the molecule is CC(C)Oc1ccc2cc(C(=O)NCCCc3ncc[nH]3)c(=O)oc2c1. The van der Waals surface area contributed by atoms with Gasteiger partial charge in [0, 0.05) is 36.8 Å². The maximum Gasteiger partial charge on any atom is 0.349 e. The van der Waals surface area contributed by atoms with Crippen molar-refractivity contribution in [2.75, 3.05) is 6.54 Å². The number of carbonyl (C=O) groups is 1. The Morgan fingerprint density at radius 2 is 2.19 bits per heavy atom. The third-order valence-electron chi connectivity index (χ3n) is 3.75. The number of ether oxygens (including phenoxy) is 1. The first-order chi connectivity index (χ1) is 12.5. The number of nitrogens with one attached hydrogen (secondary N) is 2. The molecule has 3 aromatic rings. The number of benzene rings is 1. The first kappa shape index (κ1) is 17.7. The molecule has 0 unspecified atom stereocenters. The molecule has 0 atom stereocenters. The van der Waals surface area contributed by atoms with Gasteiger partial charge in [-0.15, -0.1) is 0 Å². The normalized spacial score (nSPS) is 11.0. The highest BCUT2D eigenvalue weighted by atomic mass is 16.5. The fourth-order valence-electron chi connectivity index (χ4n) is 2.58. The molecule has 0 saturated heterocycles. The van der Waals surface area contributed by atoms with E-state index in [0.717, 1.165) is 12.2 Å². The molecule has 0 bridgehead atoms. The second-order valence-corrected chi connectivity index (χ2v) is 6.21. The first-order valence-corrected chi connectivity index (χ1v) is 8.54. The molecular formula is C19H21N3O4. The molecule has 2 aromatic heterocycles. The predicted octanol–water partition coefficient (Wildman–Crippen LogP) is 2.67. The van der Waals surface area contributed by atoms with Crippen LogP contribution >= 0.6 is 0 Å². The van der Waals surface area contributed by atoms with Crippen molar-refractivity contribution in [2.24, 2.45) is 0 Å². The van der Waals surface area contributed by atoms with Crippen molar-refractivity contribution in [1.82, 2.24) is 15.3 Å². The molecule has 1 aromatic carbocycles. The Bertz CT molecular complexity index is 945. The van der Waals surface area contributed by atoms with Crippen LogP contribution in [0.4, 0.5) is 0 Å². The number of aromatic nitrogens is 2. The average molecular weight is 355 g/mol. The lowest BCUT2D eigenvalue weighted by atomic mass is 10.1. The molecule has 2 heterocycles. The van der Waals surface area contributed by atoms with E-state index in [4.69, 9.17) is 9.15 Å². The van der Waals surface area contributed by atoms with Crippen molar-refractivity contribution < 1.29 is 13.9 Å². The van der Waals surface area contributed by atoms with E-state index in [1.54, 1.807) is 36.7 Å². The van der Waals surface area contributed by atoms with E-state index in [0.29, 0.717) is 29.7 Å². The minimum absolute atomic E-state index is 0.00646. The van der Waals surface area contributed by atoms with Crippen molar-refractivity contribution in [3.05, 3.63) is 58.5 Å². The van der Waals surface area contributed by atoms with Gasteiger partial charge in [-0.3, -0.25) is 4.79 Å². The van der Waals surface area contributed by atoms with Gasteiger partial charge < -0.3 is 19.5 Å². The number of H-pyrrole nitrogens is 1. The van der Waals surface area contributed by atoms with Gasteiger partial charge in [-0.05, 0) is 38.5 Å². The third-order valence-corrected chi connectivity index (χ3v) is 3.75. The maximum atomic E-state index is 12.3. The summed E-state index contributed by atoms with van der Waals surface area (Å²) in [4.78, 5) is 31.5. The number of hydrogen-bond acceptors (Lipinski definition) is 5. The molecule has 1 amide bonds. The fraction of sp³-hybridized carbons (Fsp3) is 0.316. The number of hydrogen-bond donors (Lipinski definition) is 2. The summed E-state index contributed by atoms with van der Waals surface area (Å²) in [6, 6.07) is 6.75. The number of nitrogens with zero attached hydrogens (tertiary/aromatic N) is 1. The van der Waals surface area contributed by atoms with Gasteiger partial charge in [0.15, 0.2) is 0 Å². The standard InChI is InChI=1S/C19H21N3O4/c1-12(2)25-14-6-5-13-10-15(19(24)26-16(13)11-14)18(23)22-7-3-4-17-20-8-9-21-17/h5-6,8-12H,3-4,7H2,1-2H3,(H,20,21)(H,22,23). The number of aromatic amines is 1. The molecule has 0 aliphatic heterocycles. The fourth-order valence-corrected chi connectivity index (χ4v) is 2.58. The van der Waals surface area contributed by atoms with E-state index < -0.39 is 11.5 Å². The second kappa shape index (κ2) is 7.86. The molecule has 7 nitrogen and oxygen atoms in total. The van der Waals surface area contributed by atoms with Gasteiger partial charge in [0.1, 0.15) is 22.7 Å². The van der Waals surface area contributed by atoms with Crippen LogP contribution in [0, 0.1) is 0 Å². The summed E-state index contributed by atoms with van der Waals surface area (Å²) in [7, 11) is 0. The van der Waals surface area contributed by atoms with Gasteiger partial charge in [-0.25, -0.2) is 9.78 Å². The molecule has 26 heavy (non-hydrogen) atoms. The van der Waals surface area contributed by atoms with Gasteiger partial charge in [-0.1, -0.05) is 0 Å². The van der Waals surface area contributed by atoms with Crippen molar-refractivity contribution in [1.29, 1.82) is 0 Å². The Kier molecular flexibility index (Phi) is 5.36. The van der Waals surface area contributed by atoms with E-state index in [9.17, 15) is 9.59 Å². The lowest BCUT2D eigenvalue weighted by molar-refractivity contribution is 0.0949. The second-order valence-electron chi connectivity index (χ2n) is 6.21. The number of carbonyl (C=O) groups excluding carboxylic acids is 1. The molecular weight excluding hydrogens is 334 g/mol. The van der Waals surface area contributed by atoms with Crippen molar-refractivity contribution in [3.63, 3.8) is 0 Å². The smallest absolute Gasteiger partial charge is 0.349 e. The molecule has 0 saturated carbocycles. The Labute approximate surface area is 150 Å². The highest BCUT2D eigenvalue weighted by Gasteiger charge is 2.14. The maximum absolute atomic E-state index is 12.3. The quantitative estimate of drug-likeness (QED) is 0.502. The first-order valence-electron chi connectivity index (χ1n) is 8.54. The van der Waals surface area contributed by atoms with Crippen molar-refractivity contribution >= 4 is 16.9 Å². The van der Waals surface area contributed by atoms with Gasteiger partial charge in [-0.2, -0.15) is 0 Å². The summed E-state index contributed by atoms with van der Waals surface area (Å²) >= 11 is 0. The van der Waals surface area contributed by atoms with Crippen LogP contribution in [0.2, 0.25) is 0 Å². The summed E-state index contributed by atoms with van der Waals surface area (Å²) < 4.78 is 10.9. The van der Waals surface area contributed by atoms with E-state index >= 15 is 0 Å². The van der Waals surface area contributed by atoms with E-state index in [1.165, 1.54) is 0 Å². The van der Waals surface area contributed by atoms with Crippen LogP contribution < -0.4 is 15.7 Å². The summed E-state index contributed by atoms with van der Waals surface area (Å²) in [5.74, 6) is 1.04. The molecule has 3 rings (SSSR count). The Hall–Kier alpha value is -3.09. The Morgan fingerprint density at radius 3 is 2.92 bits per heavy atom. The molecule has 2 N–H and O–H groups in total. The van der Waals surface area contributed by atoms with E-state index in [-0.39, 0.29) is 11.7 Å². The molecule has 0 aliphatic carbocycles. The summed E-state index contributed by atoms with van der Waals surface area (Å²) in [5, 5.41) is 3.41. The minimum Gasteiger partial charge on any atom is -0.491 e. The lowest BCUT2D eigenvalue weighted by Crippen LogP contribution is -2.29. The van der Waals surface area contributed by atoms with E-state index in [2.05, 4.69) is 15.3 Å². The number of imidazole rings is 1. The van der Waals surface area contributed by atoms with Crippen LogP contribution in [0.5, 0.6) is 5.75 Å². The largest absolute Gasteiger partial charge is 0.491 e. The van der Waals surface area contributed by atoms with E-state index in [1.807, 2.05) is 13.8 Å². The van der Waals surface area contributed by atoms with Gasteiger partial charge in [0.25, 0.3) is 5.91 Å². The molecule has 136 valence electrons. The highest BCUT2D eigenvalue weighted by Crippen LogP contribution is 2.21. The molecule has 7 heteroatoms. The summed E-state index contributed by atoms with van der Waals surface area (Å²) in [6.07, 6.45) is 4.90. The molecule has 0 radical (unpaired) electrons. The average Bonchev–Trinajstić information content (AvgIpc) is 3.10. The lowest BCUT2D eigenvalue weighted by Gasteiger charge is -2.10. The number of amides is 1. The highest BCUT2D eigenvalue weighted by molar-refractivity contribution is 5.96. The zero-order valence-electron chi connectivity index (χ0n) is 14.7. The Balaban J connectivity index is 1.67. The molecule has 0 aliphatic rings. The topological polar surface area (TPSA) is 97.2 Å². The summed E-state index contributed by atoms with van der Waals surface area (Å²) in [6.45, 7) is 4.28. The predicted molar refractivity (Wildman–Crippen MR) is 97.5 cm³/mol. The van der Waals surface area contributed by atoms with Crippen molar-refractivity contribution in [2.45, 2.75) is 32.8 Å². The van der Waals surface area contributed by atoms with Gasteiger partial charge >= 0.3 is 5.63 Å². The van der Waals surface area contributed by atoms with Crippen LogP contribution in [0.25, 0.3) is 11.0 Å². The Morgan fingerprint density at radius 1 is 1.35 bits per heavy atom. The van der Waals surface area contributed by atoms with Crippen LogP contribution in [0.15, 0.2) is 45.9 Å². The zero-order valence-corrected chi connectivity index (χ0v) is 14.7. The van der Waals surface area contributed by atoms with Crippen LogP contribution in [-0.4, -0.2) is 28.5 Å². The van der Waals surface area contributed by atoms with Gasteiger partial charge in [0.2, 0.25) is 0 Å². The third kappa shape index (κ3) is 4.30. The zero-order chi connectivity index (χ0) is 18.5. The number of aryl methyl sites for hydroxylation is 1. The molecule has 0 spiro atoms. The van der Waals surface area contributed by atoms with Crippen LogP contribution in [0.1, 0.15) is 36.5 Å². The molecule has 0 fully saturated rings.